The third-order valence-corrected chi connectivity index (χ3v) is 3.73. The van der Waals surface area contributed by atoms with Gasteiger partial charge in [-0.05, 0) is 26.2 Å². The van der Waals surface area contributed by atoms with Gasteiger partial charge in [-0.25, -0.2) is 0 Å². The number of amides is 1. The average molecular weight is 256 g/mol. The Hall–Kier alpha value is -1.10. The number of hydrogen-bond acceptors (Lipinski definition) is 3. The summed E-state index contributed by atoms with van der Waals surface area (Å²) in [6.45, 7) is 9.35. The summed E-state index contributed by atoms with van der Waals surface area (Å²) in [5.74, 6) is -1.04. The highest BCUT2D eigenvalue weighted by Gasteiger charge is 2.35. The molecule has 0 saturated carbocycles. The Morgan fingerprint density at radius 1 is 1.39 bits per heavy atom. The molecule has 1 aliphatic rings. The molecule has 1 saturated heterocycles. The Bertz CT molecular complexity index is 328. The molecule has 0 aliphatic carbocycles. The zero-order valence-electron chi connectivity index (χ0n) is 11.7. The largest absolute Gasteiger partial charge is 0.481 e. The van der Waals surface area contributed by atoms with Gasteiger partial charge in [0.1, 0.15) is 0 Å². The van der Waals surface area contributed by atoms with Crippen molar-refractivity contribution in [3.8, 4) is 0 Å². The van der Waals surface area contributed by atoms with Gasteiger partial charge < -0.3 is 10.4 Å². The summed E-state index contributed by atoms with van der Waals surface area (Å²) in [5, 5.41) is 12.0. The minimum absolute atomic E-state index is 0.0277. The Morgan fingerprint density at radius 3 is 2.44 bits per heavy atom. The number of carboxylic acid groups (broad SMARTS) is 1. The van der Waals surface area contributed by atoms with Gasteiger partial charge in [0.25, 0.3) is 0 Å². The van der Waals surface area contributed by atoms with E-state index in [4.69, 9.17) is 5.11 Å². The van der Waals surface area contributed by atoms with Crippen molar-refractivity contribution in [2.45, 2.75) is 39.7 Å². The van der Waals surface area contributed by atoms with Gasteiger partial charge in [-0.2, -0.15) is 0 Å². The van der Waals surface area contributed by atoms with Gasteiger partial charge in [0.15, 0.2) is 0 Å². The van der Waals surface area contributed by atoms with E-state index in [1.165, 1.54) is 0 Å². The van der Waals surface area contributed by atoms with Gasteiger partial charge in [0.05, 0.1) is 12.5 Å². The van der Waals surface area contributed by atoms with Crippen molar-refractivity contribution in [3.05, 3.63) is 0 Å². The number of nitrogens with one attached hydrogen (secondary N) is 1. The van der Waals surface area contributed by atoms with Crippen LogP contribution in [-0.2, 0) is 9.59 Å². The lowest BCUT2D eigenvalue weighted by Crippen LogP contribution is -2.47. The monoisotopic (exact) mass is 256 g/mol. The maximum absolute atomic E-state index is 11.9. The van der Waals surface area contributed by atoms with Crippen molar-refractivity contribution in [2.24, 2.45) is 11.8 Å². The Morgan fingerprint density at radius 2 is 2.00 bits per heavy atom. The highest BCUT2D eigenvalue weighted by Crippen LogP contribution is 2.22. The van der Waals surface area contributed by atoms with Crippen LogP contribution in [0.5, 0.6) is 0 Å². The third kappa shape index (κ3) is 3.98. The predicted molar refractivity (Wildman–Crippen MR) is 69.2 cm³/mol. The molecule has 1 rings (SSSR count). The van der Waals surface area contributed by atoms with E-state index >= 15 is 0 Å². The van der Waals surface area contributed by atoms with E-state index in [0.29, 0.717) is 13.1 Å². The molecule has 1 aliphatic heterocycles. The summed E-state index contributed by atoms with van der Waals surface area (Å²) < 4.78 is 0. The molecule has 1 heterocycles. The fourth-order valence-corrected chi connectivity index (χ4v) is 2.23. The Kier molecular flexibility index (Phi) is 4.73. The average Bonchev–Trinajstić information content (AvgIpc) is 2.58. The molecule has 5 heteroatoms. The molecule has 5 nitrogen and oxygen atoms in total. The van der Waals surface area contributed by atoms with Gasteiger partial charge >= 0.3 is 5.97 Å². The van der Waals surface area contributed by atoms with Gasteiger partial charge in [0, 0.05) is 18.6 Å². The van der Waals surface area contributed by atoms with Crippen LogP contribution < -0.4 is 5.32 Å². The number of rotatable bonds is 5. The van der Waals surface area contributed by atoms with Crippen LogP contribution in [0.25, 0.3) is 0 Å². The van der Waals surface area contributed by atoms with Crippen LogP contribution in [0, 0.1) is 11.8 Å². The molecule has 0 radical (unpaired) electrons. The summed E-state index contributed by atoms with van der Waals surface area (Å²) in [6, 6.07) is 0. The molecule has 1 amide bonds. The van der Waals surface area contributed by atoms with E-state index in [1.54, 1.807) is 0 Å². The maximum atomic E-state index is 11.9. The molecule has 104 valence electrons. The first-order valence-corrected chi connectivity index (χ1v) is 6.51. The number of carbonyl (C=O) groups excluding carboxylic acids is 1. The standard InChI is InChI=1S/C13H24N2O3/c1-5-13(3,4)14-11(16)8-15-6-9(2)10(7-15)12(17)18/h9-10H,5-8H2,1-4H3,(H,14,16)(H,17,18). The zero-order valence-corrected chi connectivity index (χ0v) is 11.7. The van der Waals surface area contributed by atoms with E-state index in [0.717, 1.165) is 6.42 Å². The molecule has 0 aromatic heterocycles. The van der Waals surface area contributed by atoms with Crippen molar-refractivity contribution >= 4 is 11.9 Å². The van der Waals surface area contributed by atoms with E-state index in [-0.39, 0.29) is 29.8 Å². The first-order valence-electron chi connectivity index (χ1n) is 6.51. The molecule has 0 aromatic carbocycles. The third-order valence-electron chi connectivity index (χ3n) is 3.73. The first-order chi connectivity index (χ1) is 8.25. The van der Waals surface area contributed by atoms with E-state index in [2.05, 4.69) is 5.32 Å². The van der Waals surface area contributed by atoms with Crippen molar-refractivity contribution in [3.63, 3.8) is 0 Å². The second-order valence-electron chi connectivity index (χ2n) is 5.90. The lowest BCUT2D eigenvalue weighted by molar-refractivity contribution is -0.142. The zero-order chi connectivity index (χ0) is 13.9. The first kappa shape index (κ1) is 15.0. The fourth-order valence-electron chi connectivity index (χ4n) is 2.23. The normalized spacial score (nSPS) is 25.1. The lowest BCUT2D eigenvalue weighted by atomic mass is 9.99. The number of hydrogen-bond donors (Lipinski definition) is 2. The molecule has 2 N–H and O–H groups in total. The van der Waals surface area contributed by atoms with E-state index in [1.807, 2.05) is 32.6 Å². The van der Waals surface area contributed by atoms with Crippen LogP contribution in [0.4, 0.5) is 0 Å². The molecular weight excluding hydrogens is 232 g/mol. The SMILES string of the molecule is CCC(C)(C)NC(=O)CN1CC(C)C(C(=O)O)C1. The van der Waals surface area contributed by atoms with Crippen molar-refractivity contribution < 1.29 is 14.7 Å². The van der Waals surface area contributed by atoms with Gasteiger partial charge in [-0.15, -0.1) is 0 Å². The Balaban J connectivity index is 2.45. The molecule has 0 spiro atoms. The molecule has 2 atom stereocenters. The van der Waals surface area contributed by atoms with Crippen LogP contribution >= 0.6 is 0 Å². The molecular formula is C13H24N2O3. The molecule has 1 fully saturated rings. The second kappa shape index (κ2) is 5.69. The van der Waals surface area contributed by atoms with Crippen LogP contribution in [0.2, 0.25) is 0 Å². The number of carboxylic acids is 1. The maximum Gasteiger partial charge on any atom is 0.308 e. The smallest absolute Gasteiger partial charge is 0.308 e. The number of carbonyl (C=O) groups is 2. The summed E-state index contributed by atoms with van der Waals surface area (Å²) in [6.07, 6.45) is 0.868. The molecule has 0 bridgehead atoms. The van der Waals surface area contributed by atoms with Crippen molar-refractivity contribution in [2.75, 3.05) is 19.6 Å². The molecule has 2 unspecified atom stereocenters. The second-order valence-corrected chi connectivity index (χ2v) is 5.90. The quantitative estimate of drug-likeness (QED) is 0.768. The highest BCUT2D eigenvalue weighted by molar-refractivity contribution is 5.79. The van der Waals surface area contributed by atoms with Crippen LogP contribution in [0.15, 0.2) is 0 Å². The summed E-state index contributed by atoms with van der Waals surface area (Å²) in [5.41, 5.74) is -0.200. The lowest BCUT2D eigenvalue weighted by Gasteiger charge is -2.26. The van der Waals surface area contributed by atoms with E-state index < -0.39 is 5.97 Å². The minimum atomic E-state index is -0.765. The van der Waals surface area contributed by atoms with Crippen molar-refractivity contribution in [1.29, 1.82) is 0 Å². The molecule has 0 aromatic rings. The number of aliphatic carboxylic acids is 1. The van der Waals surface area contributed by atoms with E-state index in [9.17, 15) is 9.59 Å². The topological polar surface area (TPSA) is 69.6 Å². The Labute approximate surface area is 109 Å². The summed E-state index contributed by atoms with van der Waals surface area (Å²) >= 11 is 0. The van der Waals surface area contributed by atoms with Gasteiger partial charge in [-0.3, -0.25) is 14.5 Å². The van der Waals surface area contributed by atoms with Gasteiger partial charge in [-0.1, -0.05) is 13.8 Å². The summed E-state index contributed by atoms with van der Waals surface area (Å²) in [7, 11) is 0. The van der Waals surface area contributed by atoms with Crippen molar-refractivity contribution in [1.82, 2.24) is 10.2 Å². The van der Waals surface area contributed by atoms with Crippen LogP contribution in [0.1, 0.15) is 34.1 Å². The molecule has 18 heavy (non-hydrogen) atoms. The number of likely N-dealkylation sites (tertiary alicyclic amines) is 1. The highest BCUT2D eigenvalue weighted by atomic mass is 16.4. The van der Waals surface area contributed by atoms with Crippen LogP contribution in [-0.4, -0.2) is 47.1 Å². The fraction of sp³-hybridized carbons (Fsp3) is 0.846. The van der Waals surface area contributed by atoms with Gasteiger partial charge in [0.2, 0.25) is 5.91 Å². The summed E-state index contributed by atoms with van der Waals surface area (Å²) in [4.78, 5) is 24.8. The van der Waals surface area contributed by atoms with Crippen LogP contribution in [0.3, 0.4) is 0 Å². The predicted octanol–water partition coefficient (Wildman–Crippen LogP) is 0.944. The number of nitrogens with zero attached hydrogens (tertiary/aromatic N) is 1. The minimum Gasteiger partial charge on any atom is -0.481 e.